The summed E-state index contributed by atoms with van der Waals surface area (Å²) in [5.74, 6) is 0.759. The van der Waals surface area contributed by atoms with Gasteiger partial charge in [-0.15, -0.1) is 0 Å². The number of esters is 1. The average molecular weight is 322 g/mol. The Labute approximate surface area is 139 Å². The van der Waals surface area contributed by atoms with Gasteiger partial charge in [0, 0.05) is 12.0 Å². The van der Waals surface area contributed by atoms with Gasteiger partial charge in [-0.05, 0) is 42.4 Å². The van der Waals surface area contributed by atoms with E-state index in [1.165, 1.54) is 12.1 Å². The number of carbonyl (C=O) groups excluding carboxylic acids is 1. The second-order valence-electron chi connectivity index (χ2n) is 6.95. The first-order valence-electron chi connectivity index (χ1n) is 8.44. The maximum absolute atomic E-state index is 11.1. The van der Waals surface area contributed by atoms with Crippen LogP contribution in [-0.2, 0) is 14.9 Å². The summed E-state index contributed by atoms with van der Waals surface area (Å²) in [4.78, 5) is 11.1. The number of hydrogen-bond acceptors (Lipinski definition) is 4. The molecular formula is C19H30O4. The second-order valence-corrected chi connectivity index (χ2v) is 6.95. The molecule has 0 aliphatic carbocycles. The van der Waals surface area contributed by atoms with Crippen LogP contribution in [0.15, 0.2) is 18.2 Å². The summed E-state index contributed by atoms with van der Waals surface area (Å²) in [6.07, 6.45) is 4.29. The molecule has 1 aromatic rings. The summed E-state index contributed by atoms with van der Waals surface area (Å²) >= 11 is 0. The summed E-state index contributed by atoms with van der Waals surface area (Å²) in [5, 5.41) is 19.6. The van der Waals surface area contributed by atoms with E-state index < -0.39 is 0 Å². The molecular weight excluding hydrogens is 292 g/mol. The fraction of sp³-hybridized carbons (Fsp3) is 0.632. The van der Waals surface area contributed by atoms with Crippen LogP contribution in [0.5, 0.6) is 11.5 Å². The van der Waals surface area contributed by atoms with E-state index in [1.54, 1.807) is 13.0 Å². The molecule has 0 aliphatic heterocycles. The molecule has 0 saturated heterocycles. The molecule has 1 atom stereocenters. The van der Waals surface area contributed by atoms with Gasteiger partial charge in [0.15, 0.2) is 0 Å². The van der Waals surface area contributed by atoms with Crippen molar-refractivity contribution in [3.05, 3.63) is 23.8 Å². The quantitative estimate of drug-likeness (QED) is 0.518. The lowest BCUT2D eigenvalue weighted by molar-refractivity contribution is -0.143. The van der Waals surface area contributed by atoms with E-state index in [-0.39, 0.29) is 22.9 Å². The molecule has 4 nitrogen and oxygen atoms in total. The van der Waals surface area contributed by atoms with E-state index in [9.17, 15) is 15.0 Å². The zero-order valence-corrected chi connectivity index (χ0v) is 14.8. The molecule has 0 saturated carbocycles. The fourth-order valence-electron chi connectivity index (χ4n) is 2.71. The third kappa shape index (κ3) is 6.51. The molecule has 0 radical (unpaired) electrons. The van der Waals surface area contributed by atoms with Crippen molar-refractivity contribution >= 4 is 5.97 Å². The lowest BCUT2D eigenvalue weighted by atomic mass is 9.79. The van der Waals surface area contributed by atoms with Crippen molar-refractivity contribution in [1.82, 2.24) is 0 Å². The monoisotopic (exact) mass is 322 g/mol. The molecule has 0 bridgehead atoms. The van der Waals surface area contributed by atoms with E-state index in [2.05, 4.69) is 20.8 Å². The van der Waals surface area contributed by atoms with Gasteiger partial charge in [-0.1, -0.05) is 40.5 Å². The second kappa shape index (κ2) is 8.80. The van der Waals surface area contributed by atoms with Crippen LogP contribution in [0.25, 0.3) is 0 Å². The average Bonchev–Trinajstić information content (AvgIpc) is 2.49. The fourth-order valence-corrected chi connectivity index (χ4v) is 2.71. The normalized spacial score (nSPS) is 12.9. The van der Waals surface area contributed by atoms with Crippen molar-refractivity contribution in [1.29, 1.82) is 0 Å². The van der Waals surface area contributed by atoms with Crippen LogP contribution in [0.2, 0.25) is 0 Å². The first-order valence-corrected chi connectivity index (χ1v) is 8.44. The van der Waals surface area contributed by atoms with E-state index in [4.69, 9.17) is 4.74 Å². The molecule has 0 aliphatic rings. The van der Waals surface area contributed by atoms with Crippen molar-refractivity contribution in [2.75, 3.05) is 6.61 Å². The van der Waals surface area contributed by atoms with Crippen LogP contribution in [0.4, 0.5) is 0 Å². The SMILES string of the molecule is CCC(=O)OCCC(C)CCCC(C)(C)c1cc(O)ccc1O. The lowest BCUT2D eigenvalue weighted by Crippen LogP contribution is -2.17. The molecule has 0 fully saturated rings. The first-order chi connectivity index (χ1) is 10.8. The lowest BCUT2D eigenvalue weighted by Gasteiger charge is -2.27. The summed E-state index contributed by atoms with van der Waals surface area (Å²) in [6, 6.07) is 4.68. The zero-order chi connectivity index (χ0) is 17.5. The van der Waals surface area contributed by atoms with Gasteiger partial charge >= 0.3 is 5.97 Å². The Morgan fingerprint density at radius 3 is 2.61 bits per heavy atom. The van der Waals surface area contributed by atoms with Gasteiger partial charge in [0.05, 0.1) is 6.61 Å². The molecule has 0 spiro atoms. The Hall–Kier alpha value is -1.71. The minimum Gasteiger partial charge on any atom is -0.508 e. The molecule has 4 heteroatoms. The van der Waals surface area contributed by atoms with Crippen molar-refractivity contribution in [3.63, 3.8) is 0 Å². The number of ether oxygens (including phenoxy) is 1. The van der Waals surface area contributed by atoms with E-state index in [1.807, 2.05) is 0 Å². The summed E-state index contributed by atoms with van der Waals surface area (Å²) < 4.78 is 5.11. The van der Waals surface area contributed by atoms with Gasteiger partial charge in [0.2, 0.25) is 0 Å². The van der Waals surface area contributed by atoms with Crippen molar-refractivity contribution < 1.29 is 19.7 Å². The molecule has 2 N–H and O–H groups in total. The van der Waals surface area contributed by atoms with Crippen LogP contribution >= 0.6 is 0 Å². The Kier molecular flexibility index (Phi) is 7.40. The minimum atomic E-state index is -0.197. The largest absolute Gasteiger partial charge is 0.508 e. The smallest absolute Gasteiger partial charge is 0.305 e. The van der Waals surface area contributed by atoms with Gasteiger partial charge in [-0.2, -0.15) is 0 Å². The summed E-state index contributed by atoms with van der Waals surface area (Å²) in [7, 11) is 0. The van der Waals surface area contributed by atoms with E-state index in [0.717, 1.165) is 31.2 Å². The number of phenolic OH excluding ortho intramolecular Hbond substituents is 2. The molecule has 0 aromatic heterocycles. The van der Waals surface area contributed by atoms with Crippen molar-refractivity contribution in [2.24, 2.45) is 5.92 Å². The van der Waals surface area contributed by atoms with Crippen molar-refractivity contribution in [2.45, 2.75) is 65.2 Å². The summed E-state index contributed by atoms with van der Waals surface area (Å²) in [6.45, 7) is 8.61. The van der Waals surface area contributed by atoms with Gasteiger partial charge in [-0.25, -0.2) is 0 Å². The number of phenols is 2. The molecule has 0 heterocycles. The van der Waals surface area contributed by atoms with Gasteiger partial charge in [0.25, 0.3) is 0 Å². The maximum atomic E-state index is 11.1. The molecule has 130 valence electrons. The van der Waals surface area contributed by atoms with Crippen LogP contribution in [0, 0.1) is 5.92 Å². The number of aromatic hydroxyl groups is 2. The van der Waals surface area contributed by atoms with Crippen LogP contribution in [0.3, 0.4) is 0 Å². The first kappa shape index (κ1) is 19.3. The van der Waals surface area contributed by atoms with Gasteiger partial charge in [-0.3, -0.25) is 4.79 Å². The summed E-state index contributed by atoms with van der Waals surface area (Å²) in [5.41, 5.74) is 0.582. The molecule has 1 unspecified atom stereocenters. The highest BCUT2D eigenvalue weighted by Gasteiger charge is 2.24. The van der Waals surface area contributed by atoms with Gasteiger partial charge < -0.3 is 14.9 Å². The highest BCUT2D eigenvalue weighted by atomic mass is 16.5. The highest BCUT2D eigenvalue weighted by Crippen LogP contribution is 2.37. The molecule has 1 rings (SSSR count). The minimum absolute atomic E-state index is 0.141. The zero-order valence-electron chi connectivity index (χ0n) is 14.8. The van der Waals surface area contributed by atoms with Crippen LogP contribution in [-0.4, -0.2) is 22.8 Å². The standard InChI is InChI=1S/C19H30O4/c1-5-18(22)23-12-10-14(2)7-6-11-19(3,4)16-13-15(20)8-9-17(16)21/h8-9,13-14,20-21H,5-7,10-12H2,1-4H3. The Morgan fingerprint density at radius 1 is 1.26 bits per heavy atom. The number of hydrogen-bond donors (Lipinski definition) is 2. The third-order valence-electron chi connectivity index (χ3n) is 4.37. The van der Waals surface area contributed by atoms with E-state index >= 15 is 0 Å². The molecule has 23 heavy (non-hydrogen) atoms. The maximum Gasteiger partial charge on any atom is 0.305 e. The van der Waals surface area contributed by atoms with Gasteiger partial charge in [0.1, 0.15) is 11.5 Å². The predicted octanol–water partition coefficient (Wildman–Crippen LogP) is 4.53. The third-order valence-corrected chi connectivity index (χ3v) is 4.37. The van der Waals surface area contributed by atoms with E-state index in [0.29, 0.717) is 18.9 Å². The Bertz CT molecular complexity index is 508. The topological polar surface area (TPSA) is 66.8 Å². The Morgan fingerprint density at radius 2 is 1.96 bits per heavy atom. The predicted molar refractivity (Wildman–Crippen MR) is 91.7 cm³/mol. The number of rotatable bonds is 9. The molecule has 0 amide bonds. The van der Waals surface area contributed by atoms with Crippen molar-refractivity contribution in [3.8, 4) is 11.5 Å². The Balaban J connectivity index is 2.41. The number of carbonyl (C=O) groups is 1. The highest BCUT2D eigenvalue weighted by molar-refractivity contribution is 5.68. The van der Waals surface area contributed by atoms with Crippen LogP contribution in [0.1, 0.15) is 65.4 Å². The molecule has 1 aromatic carbocycles. The van der Waals surface area contributed by atoms with Crippen LogP contribution < -0.4 is 0 Å². The number of benzene rings is 1.